The van der Waals surface area contributed by atoms with E-state index >= 15 is 0 Å². The Balaban J connectivity index is 2.92. The van der Waals surface area contributed by atoms with Crippen molar-refractivity contribution in [1.29, 1.82) is 0 Å². The van der Waals surface area contributed by atoms with E-state index in [-0.39, 0.29) is 10.6 Å². The second-order valence-electron chi connectivity index (χ2n) is 1.98. The molecule has 0 aliphatic heterocycles. The van der Waals surface area contributed by atoms with Gasteiger partial charge in [-0.3, -0.25) is 4.79 Å². The lowest BCUT2D eigenvalue weighted by Crippen LogP contribution is -2.14. The van der Waals surface area contributed by atoms with Crippen molar-refractivity contribution in [2.24, 2.45) is 0 Å². The second kappa shape index (κ2) is 2.97. The van der Waals surface area contributed by atoms with E-state index in [1.807, 2.05) is 6.08 Å². The Labute approximate surface area is 68.2 Å². The van der Waals surface area contributed by atoms with Gasteiger partial charge in [0, 0.05) is 5.57 Å². The van der Waals surface area contributed by atoms with E-state index < -0.39 is 0 Å². The summed E-state index contributed by atoms with van der Waals surface area (Å²) in [5.74, 6) is 0.0810. The third-order valence-electron chi connectivity index (χ3n) is 1.31. The highest BCUT2D eigenvalue weighted by atomic mass is 79.9. The molecule has 1 rings (SSSR count). The fourth-order valence-corrected chi connectivity index (χ4v) is 1.19. The topological polar surface area (TPSA) is 17.1 Å². The molecule has 1 atom stereocenters. The number of hydrogen-bond donors (Lipinski definition) is 0. The molecule has 0 fully saturated rings. The van der Waals surface area contributed by atoms with Gasteiger partial charge in [0.2, 0.25) is 0 Å². The number of carbonyl (C=O) groups excluding carboxylic acids is 1. The summed E-state index contributed by atoms with van der Waals surface area (Å²) in [5, 5.41) is 0. The van der Waals surface area contributed by atoms with Crippen molar-refractivity contribution in [2.45, 2.75) is 4.83 Å². The van der Waals surface area contributed by atoms with E-state index in [4.69, 9.17) is 0 Å². The number of rotatable bonds is 1. The highest BCUT2D eigenvalue weighted by Gasteiger charge is 2.16. The van der Waals surface area contributed by atoms with Crippen molar-refractivity contribution in [3.8, 4) is 0 Å². The first-order valence-electron chi connectivity index (χ1n) is 2.95. The van der Waals surface area contributed by atoms with Crippen molar-refractivity contribution in [3.05, 3.63) is 36.5 Å². The highest BCUT2D eigenvalue weighted by Crippen LogP contribution is 2.15. The first-order valence-corrected chi connectivity index (χ1v) is 3.86. The van der Waals surface area contributed by atoms with Crippen LogP contribution in [0.15, 0.2) is 36.5 Å². The Kier molecular flexibility index (Phi) is 2.22. The van der Waals surface area contributed by atoms with E-state index in [0.717, 1.165) is 0 Å². The Morgan fingerprint density at radius 1 is 1.70 bits per heavy atom. The first kappa shape index (κ1) is 7.48. The monoisotopic (exact) mass is 198 g/mol. The summed E-state index contributed by atoms with van der Waals surface area (Å²) in [7, 11) is 0. The molecule has 10 heavy (non-hydrogen) atoms. The van der Waals surface area contributed by atoms with Crippen LogP contribution in [0.2, 0.25) is 0 Å². The molecule has 0 bridgehead atoms. The first-order chi connectivity index (χ1) is 4.75. The number of hydrogen-bond acceptors (Lipinski definition) is 1. The van der Waals surface area contributed by atoms with Crippen LogP contribution in [0.25, 0.3) is 0 Å². The molecule has 0 spiro atoms. The molecule has 52 valence electrons. The lowest BCUT2D eigenvalue weighted by atomic mass is 10.0. The van der Waals surface area contributed by atoms with Crippen molar-refractivity contribution in [2.75, 3.05) is 0 Å². The summed E-state index contributed by atoms with van der Waals surface area (Å²) in [5.41, 5.74) is 0.671. The molecule has 0 aromatic rings. The summed E-state index contributed by atoms with van der Waals surface area (Å²) in [6.07, 6.45) is 6.97. The molecule has 1 nitrogen and oxygen atoms in total. The number of allylic oxidation sites excluding steroid dienone is 5. The van der Waals surface area contributed by atoms with Crippen molar-refractivity contribution in [3.63, 3.8) is 0 Å². The maximum absolute atomic E-state index is 11.1. The summed E-state index contributed by atoms with van der Waals surface area (Å²) < 4.78 is 0. The minimum atomic E-state index is -0.162. The fraction of sp³-hybridized carbons (Fsp3) is 0.125. The predicted octanol–water partition coefficient (Wildman–Crippen LogP) is 2.00. The van der Waals surface area contributed by atoms with Crippen LogP contribution in [0, 0.1) is 0 Å². The minimum absolute atomic E-state index is 0.0810. The highest BCUT2D eigenvalue weighted by molar-refractivity contribution is 9.10. The van der Waals surface area contributed by atoms with E-state index in [9.17, 15) is 4.79 Å². The molecule has 1 aliphatic rings. The Morgan fingerprint density at radius 3 is 2.90 bits per heavy atom. The molecule has 0 saturated heterocycles. The van der Waals surface area contributed by atoms with Crippen LogP contribution < -0.4 is 0 Å². The van der Waals surface area contributed by atoms with Crippen LogP contribution in [-0.4, -0.2) is 10.6 Å². The van der Waals surface area contributed by atoms with Crippen LogP contribution in [0.4, 0.5) is 0 Å². The normalized spacial score (nSPS) is 24.3. The molecule has 0 aromatic carbocycles. The molecule has 1 unspecified atom stereocenters. The molecule has 0 aromatic heterocycles. The van der Waals surface area contributed by atoms with Gasteiger partial charge in [0.15, 0.2) is 5.78 Å². The van der Waals surface area contributed by atoms with Crippen LogP contribution in [-0.2, 0) is 4.79 Å². The third kappa shape index (κ3) is 1.27. The molecule has 1 aliphatic carbocycles. The largest absolute Gasteiger partial charge is 0.293 e. The standard InChI is InChI=1S/C8H7BrO/c1-2-6-4-3-5-7(9)8(6)10/h2-5,7H,1H2. The SMILES string of the molecule is C=CC1=CC=CC(Br)C1=O. The lowest BCUT2D eigenvalue weighted by Gasteiger charge is -2.07. The Bertz CT molecular complexity index is 225. The van der Waals surface area contributed by atoms with Gasteiger partial charge in [0.25, 0.3) is 0 Å². The summed E-state index contributed by atoms with van der Waals surface area (Å²) in [6.45, 7) is 3.53. The van der Waals surface area contributed by atoms with Gasteiger partial charge in [-0.05, 0) is 0 Å². The average Bonchev–Trinajstić information content (AvgIpc) is 1.95. The zero-order valence-electron chi connectivity index (χ0n) is 5.38. The van der Waals surface area contributed by atoms with Gasteiger partial charge in [-0.25, -0.2) is 0 Å². The van der Waals surface area contributed by atoms with Crippen LogP contribution in [0.3, 0.4) is 0 Å². The maximum Gasteiger partial charge on any atom is 0.180 e. The number of carbonyl (C=O) groups is 1. The summed E-state index contributed by atoms with van der Waals surface area (Å²) in [4.78, 5) is 11.0. The van der Waals surface area contributed by atoms with Crippen molar-refractivity contribution < 1.29 is 4.79 Å². The molecule has 0 amide bonds. The van der Waals surface area contributed by atoms with E-state index in [1.165, 1.54) is 0 Å². The zero-order chi connectivity index (χ0) is 7.56. The van der Waals surface area contributed by atoms with Gasteiger partial charge in [-0.15, -0.1) is 0 Å². The Morgan fingerprint density at radius 2 is 2.40 bits per heavy atom. The number of alkyl halides is 1. The lowest BCUT2D eigenvalue weighted by molar-refractivity contribution is -0.114. The van der Waals surface area contributed by atoms with E-state index in [2.05, 4.69) is 22.5 Å². The smallest absolute Gasteiger partial charge is 0.180 e. The van der Waals surface area contributed by atoms with Crippen LogP contribution >= 0.6 is 15.9 Å². The van der Waals surface area contributed by atoms with Gasteiger partial charge in [-0.1, -0.05) is 46.8 Å². The van der Waals surface area contributed by atoms with Gasteiger partial charge >= 0.3 is 0 Å². The fourth-order valence-electron chi connectivity index (χ4n) is 0.754. The quantitative estimate of drug-likeness (QED) is 0.590. The molecular weight excluding hydrogens is 192 g/mol. The number of ketones is 1. The van der Waals surface area contributed by atoms with Gasteiger partial charge in [-0.2, -0.15) is 0 Å². The van der Waals surface area contributed by atoms with Crippen LogP contribution in [0.1, 0.15) is 0 Å². The van der Waals surface area contributed by atoms with E-state index in [0.29, 0.717) is 5.57 Å². The van der Waals surface area contributed by atoms with Crippen molar-refractivity contribution in [1.82, 2.24) is 0 Å². The number of Topliss-reactive ketones (excluding diaryl/α,β-unsaturated/α-hetero) is 1. The minimum Gasteiger partial charge on any atom is -0.293 e. The molecule has 0 radical (unpaired) electrons. The number of halogens is 1. The Hall–Kier alpha value is -0.630. The van der Waals surface area contributed by atoms with Gasteiger partial charge in [0.1, 0.15) is 0 Å². The van der Waals surface area contributed by atoms with Crippen LogP contribution in [0.5, 0.6) is 0 Å². The molecule has 2 heteroatoms. The third-order valence-corrected chi connectivity index (χ3v) is 2.03. The molecule has 0 saturated carbocycles. The van der Waals surface area contributed by atoms with E-state index in [1.54, 1.807) is 18.2 Å². The van der Waals surface area contributed by atoms with Gasteiger partial charge in [0.05, 0.1) is 4.83 Å². The predicted molar refractivity (Wildman–Crippen MR) is 45.1 cm³/mol. The second-order valence-corrected chi connectivity index (χ2v) is 2.96. The van der Waals surface area contributed by atoms with Gasteiger partial charge < -0.3 is 0 Å². The maximum atomic E-state index is 11.1. The average molecular weight is 199 g/mol. The molecule has 0 N–H and O–H groups in total. The molecular formula is C8H7BrO. The zero-order valence-corrected chi connectivity index (χ0v) is 6.97. The summed E-state index contributed by atoms with van der Waals surface area (Å²) in [6, 6.07) is 0. The summed E-state index contributed by atoms with van der Waals surface area (Å²) >= 11 is 3.21. The molecule has 0 heterocycles. The van der Waals surface area contributed by atoms with Crippen molar-refractivity contribution >= 4 is 21.7 Å².